The van der Waals surface area contributed by atoms with E-state index in [-0.39, 0.29) is 6.09 Å². The molecule has 0 radical (unpaired) electrons. The van der Waals surface area contributed by atoms with Gasteiger partial charge >= 0.3 is 6.09 Å². The van der Waals surface area contributed by atoms with E-state index in [1.807, 2.05) is 39.0 Å². The quantitative estimate of drug-likeness (QED) is 0.822. The molecule has 1 aliphatic rings. The molecule has 3 heteroatoms. The fourth-order valence-corrected chi connectivity index (χ4v) is 1.97. The molecule has 1 aromatic carbocycles. The molecule has 1 aromatic rings. The van der Waals surface area contributed by atoms with E-state index in [2.05, 4.69) is 17.4 Å². The van der Waals surface area contributed by atoms with Crippen molar-refractivity contribution in [1.29, 1.82) is 0 Å². The van der Waals surface area contributed by atoms with Gasteiger partial charge in [-0.15, -0.1) is 0 Å². The molecule has 1 amide bonds. The number of hydrogen-bond acceptors (Lipinski definition) is 2. The fourth-order valence-electron chi connectivity index (χ4n) is 1.97. The van der Waals surface area contributed by atoms with Crippen molar-refractivity contribution in [3.8, 4) is 0 Å². The Bertz CT molecular complexity index is 484. The lowest BCUT2D eigenvalue weighted by Gasteiger charge is -2.22. The second-order valence-electron chi connectivity index (χ2n) is 5.50. The Balaban J connectivity index is 2.04. The number of alkyl carbamates (subject to hydrolysis) is 1. The molecule has 0 spiro atoms. The highest BCUT2D eigenvalue weighted by Gasteiger charge is 2.18. The normalized spacial score (nSPS) is 14.5. The number of fused-ring (bicyclic) bond motifs is 1. The Kier molecular flexibility index (Phi) is 3.41. The van der Waals surface area contributed by atoms with E-state index < -0.39 is 5.60 Å². The van der Waals surface area contributed by atoms with Gasteiger partial charge in [-0.05, 0) is 50.8 Å². The predicted molar refractivity (Wildman–Crippen MR) is 72.1 cm³/mol. The molecule has 0 aliphatic heterocycles. The SMILES string of the molecule is CC(C)(C)OC(=O)NC1=Cc2ccccc2CC1. The smallest absolute Gasteiger partial charge is 0.411 e. The first-order valence-corrected chi connectivity index (χ1v) is 6.22. The van der Waals surface area contributed by atoms with Gasteiger partial charge in [-0.2, -0.15) is 0 Å². The van der Waals surface area contributed by atoms with Gasteiger partial charge in [-0.1, -0.05) is 24.3 Å². The van der Waals surface area contributed by atoms with Gasteiger partial charge in [-0.25, -0.2) is 4.79 Å². The summed E-state index contributed by atoms with van der Waals surface area (Å²) in [6.07, 6.45) is 3.43. The first-order chi connectivity index (χ1) is 8.44. The number of nitrogens with one attached hydrogen (secondary N) is 1. The van der Waals surface area contributed by atoms with E-state index >= 15 is 0 Å². The molecule has 96 valence electrons. The summed E-state index contributed by atoms with van der Waals surface area (Å²) in [4.78, 5) is 11.7. The molecule has 0 fully saturated rings. The van der Waals surface area contributed by atoms with Crippen molar-refractivity contribution in [1.82, 2.24) is 5.32 Å². The average Bonchev–Trinajstić information content (AvgIpc) is 2.26. The second kappa shape index (κ2) is 4.84. The summed E-state index contributed by atoms with van der Waals surface area (Å²) >= 11 is 0. The molecular weight excluding hydrogens is 226 g/mol. The maximum absolute atomic E-state index is 11.7. The largest absolute Gasteiger partial charge is 0.444 e. The number of hydrogen-bond donors (Lipinski definition) is 1. The van der Waals surface area contributed by atoms with Crippen LogP contribution in [0.1, 0.15) is 38.3 Å². The minimum Gasteiger partial charge on any atom is -0.444 e. The number of rotatable bonds is 1. The summed E-state index contributed by atoms with van der Waals surface area (Å²) in [5.41, 5.74) is 2.96. The maximum atomic E-state index is 11.7. The van der Waals surface area contributed by atoms with Gasteiger partial charge in [0.15, 0.2) is 0 Å². The Morgan fingerprint density at radius 1 is 1.22 bits per heavy atom. The minimum absolute atomic E-state index is 0.381. The second-order valence-corrected chi connectivity index (χ2v) is 5.50. The van der Waals surface area contributed by atoms with Crippen molar-refractivity contribution in [2.24, 2.45) is 0 Å². The lowest BCUT2D eigenvalue weighted by atomic mass is 9.95. The Morgan fingerprint density at radius 3 is 2.67 bits per heavy atom. The molecule has 0 heterocycles. The Morgan fingerprint density at radius 2 is 1.94 bits per heavy atom. The fraction of sp³-hybridized carbons (Fsp3) is 0.400. The van der Waals surface area contributed by atoms with Gasteiger partial charge in [0.1, 0.15) is 5.60 Å². The summed E-state index contributed by atoms with van der Waals surface area (Å²) in [6.45, 7) is 5.57. The highest BCUT2D eigenvalue weighted by molar-refractivity contribution is 5.73. The molecule has 0 atom stereocenters. The van der Waals surface area contributed by atoms with Crippen molar-refractivity contribution >= 4 is 12.2 Å². The highest BCUT2D eigenvalue weighted by Crippen LogP contribution is 2.22. The van der Waals surface area contributed by atoms with E-state index in [4.69, 9.17) is 4.74 Å². The topological polar surface area (TPSA) is 38.3 Å². The first kappa shape index (κ1) is 12.7. The number of carbonyl (C=O) groups excluding carboxylic acids is 1. The summed E-state index contributed by atoms with van der Waals surface area (Å²) in [5, 5.41) is 2.82. The predicted octanol–water partition coefficient (Wildman–Crippen LogP) is 3.50. The van der Waals surface area contributed by atoms with Crippen LogP contribution in [0.4, 0.5) is 4.79 Å². The molecule has 0 saturated carbocycles. The molecular formula is C15H19NO2. The van der Waals surface area contributed by atoms with Crippen LogP contribution in [0.2, 0.25) is 0 Å². The van der Waals surface area contributed by atoms with Crippen LogP contribution in [0, 0.1) is 0 Å². The van der Waals surface area contributed by atoms with Gasteiger partial charge in [0.25, 0.3) is 0 Å². The average molecular weight is 245 g/mol. The molecule has 0 bridgehead atoms. The molecule has 1 aliphatic carbocycles. The zero-order valence-corrected chi connectivity index (χ0v) is 11.1. The van der Waals surface area contributed by atoms with Crippen molar-refractivity contribution < 1.29 is 9.53 Å². The van der Waals surface area contributed by atoms with Crippen LogP contribution in [0.25, 0.3) is 6.08 Å². The summed E-state index contributed by atoms with van der Waals surface area (Å²) in [5.74, 6) is 0. The summed E-state index contributed by atoms with van der Waals surface area (Å²) in [6, 6.07) is 8.23. The van der Waals surface area contributed by atoms with Crippen LogP contribution in [0.15, 0.2) is 30.0 Å². The van der Waals surface area contributed by atoms with Gasteiger partial charge < -0.3 is 4.74 Å². The van der Waals surface area contributed by atoms with Gasteiger partial charge in [0, 0.05) is 5.70 Å². The van der Waals surface area contributed by atoms with Crippen LogP contribution in [0.5, 0.6) is 0 Å². The molecule has 18 heavy (non-hydrogen) atoms. The van der Waals surface area contributed by atoms with Crippen LogP contribution in [-0.4, -0.2) is 11.7 Å². The lowest BCUT2D eigenvalue weighted by Crippen LogP contribution is -2.32. The number of ether oxygens (including phenoxy) is 1. The Labute approximate surface area is 108 Å². The van der Waals surface area contributed by atoms with Crippen molar-refractivity contribution in [2.45, 2.75) is 39.2 Å². The van der Waals surface area contributed by atoms with Crippen molar-refractivity contribution in [2.75, 3.05) is 0 Å². The number of aryl methyl sites for hydroxylation is 1. The summed E-state index contributed by atoms with van der Waals surface area (Å²) in [7, 11) is 0. The highest BCUT2D eigenvalue weighted by atomic mass is 16.6. The van der Waals surface area contributed by atoms with Crippen molar-refractivity contribution in [3.05, 3.63) is 41.1 Å². The van der Waals surface area contributed by atoms with Gasteiger partial charge in [0.05, 0.1) is 0 Å². The number of allylic oxidation sites excluding steroid dienone is 1. The van der Waals surface area contributed by atoms with E-state index in [0.717, 1.165) is 18.5 Å². The third-order valence-corrected chi connectivity index (χ3v) is 2.71. The standard InChI is InChI=1S/C15H19NO2/c1-15(2,3)18-14(17)16-13-9-8-11-6-4-5-7-12(11)10-13/h4-7,10H,8-9H2,1-3H3,(H,16,17). The lowest BCUT2D eigenvalue weighted by molar-refractivity contribution is 0.0544. The van der Waals surface area contributed by atoms with Gasteiger partial charge in [-0.3, -0.25) is 5.32 Å². The zero-order chi connectivity index (χ0) is 13.2. The van der Waals surface area contributed by atoms with E-state index in [9.17, 15) is 4.79 Å². The van der Waals surface area contributed by atoms with Crippen molar-refractivity contribution in [3.63, 3.8) is 0 Å². The maximum Gasteiger partial charge on any atom is 0.411 e. The zero-order valence-electron chi connectivity index (χ0n) is 11.1. The summed E-state index contributed by atoms with van der Waals surface area (Å²) < 4.78 is 5.24. The van der Waals surface area contributed by atoms with Crippen LogP contribution in [0.3, 0.4) is 0 Å². The molecule has 2 rings (SSSR count). The number of carbonyl (C=O) groups is 1. The van der Waals surface area contributed by atoms with Crippen LogP contribution in [-0.2, 0) is 11.2 Å². The third-order valence-electron chi connectivity index (χ3n) is 2.71. The van der Waals surface area contributed by atoms with Gasteiger partial charge in [0.2, 0.25) is 0 Å². The number of benzene rings is 1. The Hall–Kier alpha value is -1.77. The van der Waals surface area contributed by atoms with E-state index in [0.29, 0.717) is 0 Å². The van der Waals surface area contributed by atoms with Crippen LogP contribution < -0.4 is 5.32 Å². The van der Waals surface area contributed by atoms with E-state index in [1.54, 1.807) is 0 Å². The molecule has 0 aromatic heterocycles. The monoisotopic (exact) mass is 245 g/mol. The third kappa shape index (κ3) is 3.36. The first-order valence-electron chi connectivity index (χ1n) is 6.22. The molecule has 3 nitrogen and oxygen atoms in total. The van der Waals surface area contributed by atoms with E-state index in [1.165, 1.54) is 11.1 Å². The molecule has 1 N–H and O–H groups in total. The van der Waals surface area contributed by atoms with Crippen LogP contribution >= 0.6 is 0 Å². The minimum atomic E-state index is -0.461. The molecule has 0 saturated heterocycles. The number of amides is 1. The molecule has 0 unspecified atom stereocenters.